The maximum absolute atomic E-state index is 5.59. The third-order valence-corrected chi connectivity index (χ3v) is 2.38. The van der Waals surface area contributed by atoms with Crippen molar-refractivity contribution >= 4 is 45.2 Å². The van der Waals surface area contributed by atoms with Crippen molar-refractivity contribution in [3.63, 3.8) is 0 Å². The second-order valence-electron chi connectivity index (χ2n) is 2.77. The zero-order valence-corrected chi connectivity index (χ0v) is 13.1. The molecule has 90 valence electrons. The predicted molar refractivity (Wildman–Crippen MR) is 79.3 cm³/mol. The first kappa shape index (κ1) is 16.1. The zero-order chi connectivity index (χ0) is 11.4. The summed E-state index contributed by atoms with van der Waals surface area (Å²) in [5, 5.41) is 0. The molecule has 3 nitrogen and oxygen atoms in total. The third-order valence-electron chi connectivity index (χ3n) is 1.50. The molecule has 0 fully saturated rings. The van der Waals surface area contributed by atoms with E-state index < -0.39 is 0 Å². The SMILES string of the molecule is C=CCOCC(COCCI)OCCI. The molecule has 0 heterocycles. The Morgan fingerprint density at radius 2 is 1.73 bits per heavy atom. The molecule has 0 rings (SSSR count). The molecule has 0 N–H and O–H groups in total. The van der Waals surface area contributed by atoms with Crippen molar-refractivity contribution in [3.8, 4) is 0 Å². The van der Waals surface area contributed by atoms with Crippen LogP contribution in [0.15, 0.2) is 12.7 Å². The molecule has 5 heteroatoms. The van der Waals surface area contributed by atoms with Crippen LogP contribution in [0.25, 0.3) is 0 Å². The highest BCUT2D eigenvalue weighted by atomic mass is 127. The van der Waals surface area contributed by atoms with E-state index in [-0.39, 0.29) is 6.10 Å². The summed E-state index contributed by atoms with van der Waals surface area (Å²) in [6.45, 7) is 6.86. The molecule has 15 heavy (non-hydrogen) atoms. The molecule has 0 bridgehead atoms. The molecule has 0 aliphatic rings. The second-order valence-corrected chi connectivity index (χ2v) is 4.93. The van der Waals surface area contributed by atoms with Gasteiger partial charge >= 0.3 is 0 Å². The van der Waals surface area contributed by atoms with Crippen LogP contribution in [0.5, 0.6) is 0 Å². The van der Waals surface area contributed by atoms with Crippen LogP contribution < -0.4 is 0 Å². The summed E-state index contributed by atoms with van der Waals surface area (Å²) in [7, 11) is 0. The van der Waals surface area contributed by atoms with E-state index in [0.29, 0.717) is 19.8 Å². The normalized spacial score (nSPS) is 12.7. The van der Waals surface area contributed by atoms with Crippen LogP contribution in [-0.2, 0) is 14.2 Å². The summed E-state index contributed by atoms with van der Waals surface area (Å²) in [5.74, 6) is 0. The van der Waals surface area contributed by atoms with E-state index in [1.165, 1.54) is 0 Å². The van der Waals surface area contributed by atoms with Crippen molar-refractivity contribution in [1.29, 1.82) is 0 Å². The minimum atomic E-state index is 0.0441. The summed E-state index contributed by atoms with van der Waals surface area (Å²) in [6.07, 6.45) is 1.78. The first-order valence-corrected chi connectivity index (χ1v) is 7.90. The fraction of sp³-hybridized carbons (Fsp3) is 0.800. The molecule has 0 aromatic heterocycles. The number of hydrogen-bond acceptors (Lipinski definition) is 3. The van der Waals surface area contributed by atoms with E-state index in [1.807, 2.05) is 0 Å². The molecule has 0 saturated heterocycles. The van der Waals surface area contributed by atoms with E-state index >= 15 is 0 Å². The lowest BCUT2D eigenvalue weighted by atomic mass is 10.4. The van der Waals surface area contributed by atoms with Crippen molar-refractivity contribution in [3.05, 3.63) is 12.7 Å². The van der Waals surface area contributed by atoms with Crippen molar-refractivity contribution in [2.45, 2.75) is 6.10 Å². The fourth-order valence-corrected chi connectivity index (χ4v) is 1.47. The number of rotatable bonds is 11. The summed E-state index contributed by atoms with van der Waals surface area (Å²) in [5.41, 5.74) is 0. The van der Waals surface area contributed by atoms with Crippen molar-refractivity contribution in [2.75, 3.05) is 41.9 Å². The monoisotopic (exact) mass is 440 g/mol. The molecule has 0 aromatic rings. The average Bonchev–Trinajstić information content (AvgIpc) is 2.25. The van der Waals surface area contributed by atoms with Gasteiger partial charge in [0.15, 0.2) is 0 Å². The predicted octanol–water partition coefficient (Wildman–Crippen LogP) is 2.46. The Morgan fingerprint density at radius 1 is 1.07 bits per heavy atom. The number of hydrogen-bond donors (Lipinski definition) is 0. The van der Waals surface area contributed by atoms with Crippen LogP contribution in [0.2, 0.25) is 0 Å². The van der Waals surface area contributed by atoms with Gasteiger partial charge in [-0.05, 0) is 0 Å². The minimum Gasteiger partial charge on any atom is -0.378 e. The molecule has 0 spiro atoms. The summed E-state index contributed by atoms with van der Waals surface area (Å²) < 4.78 is 18.4. The lowest BCUT2D eigenvalue weighted by Crippen LogP contribution is -2.27. The molecule has 0 radical (unpaired) electrons. The summed E-state index contributed by atoms with van der Waals surface area (Å²) in [6, 6.07) is 0. The zero-order valence-electron chi connectivity index (χ0n) is 8.79. The second kappa shape index (κ2) is 13.1. The smallest absolute Gasteiger partial charge is 0.104 e. The standard InChI is InChI=1S/C10H18I2O3/c1-2-5-13-8-10(15-7-4-12)9-14-6-3-11/h2,10H,1,3-9H2. The van der Waals surface area contributed by atoms with Gasteiger partial charge in [0.1, 0.15) is 6.10 Å². The van der Waals surface area contributed by atoms with Crippen LogP contribution in [-0.4, -0.2) is 48.0 Å². The van der Waals surface area contributed by atoms with Crippen molar-refractivity contribution in [2.24, 2.45) is 0 Å². The summed E-state index contributed by atoms with van der Waals surface area (Å²) in [4.78, 5) is 0. The van der Waals surface area contributed by atoms with Crippen molar-refractivity contribution < 1.29 is 14.2 Å². The first-order chi connectivity index (χ1) is 7.35. The maximum Gasteiger partial charge on any atom is 0.104 e. The topological polar surface area (TPSA) is 27.7 Å². The molecular weight excluding hydrogens is 422 g/mol. The summed E-state index contributed by atoms with van der Waals surface area (Å²) >= 11 is 4.57. The lowest BCUT2D eigenvalue weighted by molar-refractivity contribution is -0.0481. The Kier molecular flexibility index (Phi) is 14.1. The molecular formula is C10H18I2O3. The lowest BCUT2D eigenvalue weighted by Gasteiger charge is -2.17. The quantitative estimate of drug-likeness (QED) is 0.214. The molecule has 0 saturated carbocycles. The fourth-order valence-electron chi connectivity index (χ4n) is 0.908. The van der Waals surface area contributed by atoms with Crippen LogP contribution in [0, 0.1) is 0 Å². The van der Waals surface area contributed by atoms with E-state index in [0.717, 1.165) is 22.1 Å². The van der Waals surface area contributed by atoms with Gasteiger partial charge in [0.25, 0.3) is 0 Å². The van der Waals surface area contributed by atoms with Gasteiger partial charge in [-0.1, -0.05) is 51.3 Å². The van der Waals surface area contributed by atoms with E-state index in [9.17, 15) is 0 Å². The molecule has 0 amide bonds. The molecule has 0 aliphatic heterocycles. The van der Waals surface area contributed by atoms with Crippen molar-refractivity contribution in [1.82, 2.24) is 0 Å². The van der Waals surface area contributed by atoms with Gasteiger partial charge in [-0.25, -0.2) is 0 Å². The highest BCUT2D eigenvalue weighted by Crippen LogP contribution is 1.98. The molecule has 1 unspecified atom stereocenters. The highest BCUT2D eigenvalue weighted by molar-refractivity contribution is 14.1. The average molecular weight is 440 g/mol. The molecule has 0 aromatic carbocycles. The number of alkyl halides is 2. The van der Waals surface area contributed by atoms with Crippen LogP contribution in [0.3, 0.4) is 0 Å². The Balaban J connectivity index is 3.57. The Hall–Kier alpha value is 1.08. The van der Waals surface area contributed by atoms with Crippen LogP contribution in [0.4, 0.5) is 0 Å². The van der Waals surface area contributed by atoms with Crippen LogP contribution in [0.1, 0.15) is 0 Å². The van der Waals surface area contributed by atoms with Gasteiger partial charge in [-0.2, -0.15) is 0 Å². The van der Waals surface area contributed by atoms with Gasteiger partial charge < -0.3 is 14.2 Å². The minimum absolute atomic E-state index is 0.0441. The van der Waals surface area contributed by atoms with Gasteiger partial charge in [0.2, 0.25) is 0 Å². The van der Waals surface area contributed by atoms with Gasteiger partial charge in [0, 0.05) is 8.86 Å². The Morgan fingerprint density at radius 3 is 2.33 bits per heavy atom. The Labute approximate surface area is 119 Å². The van der Waals surface area contributed by atoms with E-state index in [2.05, 4.69) is 51.8 Å². The third kappa shape index (κ3) is 11.3. The van der Waals surface area contributed by atoms with Gasteiger partial charge in [0.05, 0.1) is 33.0 Å². The Bertz CT molecular complexity index is 145. The molecule has 0 aliphatic carbocycles. The van der Waals surface area contributed by atoms with Gasteiger partial charge in [-0.15, -0.1) is 6.58 Å². The van der Waals surface area contributed by atoms with Crippen LogP contribution >= 0.6 is 45.2 Å². The first-order valence-electron chi connectivity index (χ1n) is 4.85. The molecule has 1 atom stereocenters. The highest BCUT2D eigenvalue weighted by Gasteiger charge is 2.08. The largest absolute Gasteiger partial charge is 0.378 e. The van der Waals surface area contributed by atoms with E-state index in [4.69, 9.17) is 14.2 Å². The van der Waals surface area contributed by atoms with E-state index in [1.54, 1.807) is 6.08 Å². The number of halogens is 2. The maximum atomic E-state index is 5.59. The number of ether oxygens (including phenoxy) is 3. The van der Waals surface area contributed by atoms with Gasteiger partial charge in [-0.3, -0.25) is 0 Å².